The van der Waals surface area contributed by atoms with Gasteiger partial charge < -0.3 is 14.2 Å². The summed E-state index contributed by atoms with van der Waals surface area (Å²) < 4.78 is 17.0. The Morgan fingerprint density at radius 3 is 0.684 bits per heavy atom. The SMILES string of the molecule is CCC(C)CCCCCCCCCCCCCCCCCCCCC(=O)OC[C@H](COC(=O)CCCCCCCCCCCCCCCCCCC(C)C)OC(=O)CCCCCCCCCCCCCCCCC(C)C. The molecule has 0 aliphatic rings. The van der Waals surface area contributed by atoms with Gasteiger partial charge in [-0.1, -0.05) is 356 Å². The monoisotopic (exact) mass is 1070 g/mol. The van der Waals surface area contributed by atoms with Crippen LogP contribution < -0.4 is 0 Å². The van der Waals surface area contributed by atoms with Crippen LogP contribution in [0.5, 0.6) is 0 Å². The third kappa shape index (κ3) is 61.6. The number of hydrogen-bond acceptors (Lipinski definition) is 6. The van der Waals surface area contributed by atoms with Crippen molar-refractivity contribution in [2.75, 3.05) is 13.2 Å². The van der Waals surface area contributed by atoms with Gasteiger partial charge in [0.25, 0.3) is 0 Å². The van der Waals surface area contributed by atoms with E-state index in [1.807, 2.05) is 0 Å². The number of carbonyl (C=O) groups excluding carboxylic acids is 3. The van der Waals surface area contributed by atoms with E-state index in [9.17, 15) is 14.4 Å². The van der Waals surface area contributed by atoms with E-state index in [1.54, 1.807) is 0 Å². The molecule has 2 atom stereocenters. The van der Waals surface area contributed by atoms with Crippen LogP contribution in [0, 0.1) is 17.8 Å². The van der Waals surface area contributed by atoms with Crippen molar-refractivity contribution >= 4 is 17.9 Å². The summed E-state index contributed by atoms with van der Waals surface area (Å²) in [6, 6.07) is 0. The molecule has 1 unspecified atom stereocenters. The van der Waals surface area contributed by atoms with Crippen molar-refractivity contribution in [2.24, 2.45) is 17.8 Å². The molecule has 6 heteroatoms. The minimum Gasteiger partial charge on any atom is -0.462 e. The molecule has 0 saturated carbocycles. The molecule has 76 heavy (non-hydrogen) atoms. The molecule has 0 aliphatic heterocycles. The van der Waals surface area contributed by atoms with Gasteiger partial charge in [-0.2, -0.15) is 0 Å². The Morgan fingerprint density at radius 2 is 0.461 bits per heavy atom. The molecule has 0 aliphatic carbocycles. The number of carbonyl (C=O) groups is 3. The van der Waals surface area contributed by atoms with E-state index in [1.165, 1.54) is 276 Å². The Balaban J connectivity index is 4.27. The smallest absolute Gasteiger partial charge is 0.306 e. The van der Waals surface area contributed by atoms with E-state index in [2.05, 4.69) is 41.5 Å². The largest absolute Gasteiger partial charge is 0.462 e. The summed E-state index contributed by atoms with van der Waals surface area (Å²) in [5.74, 6) is 1.78. The van der Waals surface area contributed by atoms with Gasteiger partial charge in [0.15, 0.2) is 6.10 Å². The summed E-state index contributed by atoms with van der Waals surface area (Å²) in [7, 11) is 0. The maximum Gasteiger partial charge on any atom is 0.306 e. The van der Waals surface area contributed by atoms with E-state index < -0.39 is 6.10 Å². The van der Waals surface area contributed by atoms with Gasteiger partial charge in [-0.05, 0) is 37.0 Å². The second-order valence-corrected chi connectivity index (χ2v) is 25.4. The normalized spacial score (nSPS) is 12.5. The summed E-state index contributed by atoms with van der Waals surface area (Å²) in [6.45, 7) is 13.9. The zero-order valence-electron chi connectivity index (χ0n) is 52.6. The topological polar surface area (TPSA) is 78.9 Å². The Labute approximate surface area is 476 Å². The van der Waals surface area contributed by atoms with Crippen LogP contribution in [0.3, 0.4) is 0 Å². The lowest BCUT2D eigenvalue weighted by Crippen LogP contribution is -2.30. The predicted octanol–water partition coefficient (Wildman–Crippen LogP) is 23.4. The fourth-order valence-electron chi connectivity index (χ4n) is 10.9. The molecule has 0 aromatic rings. The molecule has 0 amide bonds. The Bertz CT molecular complexity index is 1180. The van der Waals surface area contributed by atoms with Crippen molar-refractivity contribution < 1.29 is 28.6 Å². The molecule has 0 radical (unpaired) electrons. The molecule has 0 saturated heterocycles. The molecular weight excluding hydrogens is 937 g/mol. The summed E-state index contributed by atoms with van der Waals surface area (Å²) in [6.07, 6.45) is 68.2. The molecule has 0 rings (SSSR count). The first kappa shape index (κ1) is 74.4. The first-order chi connectivity index (χ1) is 37.1. The summed E-state index contributed by atoms with van der Waals surface area (Å²) in [5, 5.41) is 0. The Morgan fingerprint density at radius 1 is 0.263 bits per heavy atom. The third-order valence-corrected chi connectivity index (χ3v) is 16.5. The second kappa shape index (κ2) is 61.0. The van der Waals surface area contributed by atoms with Crippen molar-refractivity contribution in [2.45, 2.75) is 401 Å². The van der Waals surface area contributed by atoms with Gasteiger partial charge in [0.1, 0.15) is 13.2 Å². The van der Waals surface area contributed by atoms with Crippen LogP contribution in [0.15, 0.2) is 0 Å². The van der Waals surface area contributed by atoms with Crippen molar-refractivity contribution in [3.63, 3.8) is 0 Å². The highest BCUT2D eigenvalue weighted by Gasteiger charge is 2.20. The number of unbranched alkanes of at least 4 members (excludes halogenated alkanes) is 45. The van der Waals surface area contributed by atoms with Crippen LogP contribution in [-0.2, 0) is 28.6 Å². The first-order valence-electron chi connectivity index (χ1n) is 34.6. The van der Waals surface area contributed by atoms with E-state index in [-0.39, 0.29) is 31.1 Å². The molecule has 6 nitrogen and oxygen atoms in total. The quantitative estimate of drug-likeness (QED) is 0.0343. The van der Waals surface area contributed by atoms with Gasteiger partial charge in [0.2, 0.25) is 0 Å². The van der Waals surface area contributed by atoms with Crippen LogP contribution in [-0.4, -0.2) is 37.2 Å². The van der Waals surface area contributed by atoms with E-state index in [4.69, 9.17) is 14.2 Å². The fourth-order valence-corrected chi connectivity index (χ4v) is 10.9. The maximum absolute atomic E-state index is 12.9. The molecule has 0 bridgehead atoms. The Kier molecular flexibility index (Phi) is 59.8. The van der Waals surface area contributed by atoms with Gasteiger partial charge >= 0.3 is 17.9 Å². The molecular formula is C70H136O6. The van der Waals surface area contributed by atoms with Crippen LogP contribution in [0.4, 0.5) is 0 Å². The van der Waals surface area contributed by atoms with Gasteiger partial charge in [0.05, 0.1) is 0 Å². The highest BCUT2D eigenvalue weighted by molar-refractivity contribution is 5.71. The maximum atomic E-state index is 12.9. The molecule has 0 N–H and O–H groups in total. The van der Waals surface area contributed by atoms with Crippen molar-refractivity contribution in [1.29, 1.82) is 0 Å². The Hall–Kier alpha value is -1.59. The van der Waals surface area contributed by atoms with Crippen LogP contribution in [0.1, 0.15) is 395 Å². The van der Waals surface area contributed by atoms with Crippen LogP contribution in [0.2, 0.25) is 0 Å². The number of esters is 3. The lowest BCUT2D eigenvalue weighted by atomic mass is 9.99. The minimum atomic E-state index is -0.765. The molecule has 0 fully saturated rings. The summed E-state index contributed by atoms with van der Waals surface area (Å²) in [4.78, 5) is 38.4. The molecule has 0 aromatic heterocycles. The molecule has 0 heterocycles. The average molecular weight is 1070 g/mol. The fraction of sp³-hybridized carbons (Fsp3) is 0.957. The zero-order valence-corrected chi connectivity index (χ0v) is 52.6. The third-order valence-electron chi connectivity index (χ3n) is 16.5. The number of hydrogen-bond donors (Lipinski definition) is 0. The zero-order chi connectivity index (χ0) is 55.5. The highest BCUT2D eigenvalue weighted by atomic mass is 16.6. The van der Waals surface area contributed by atoms with Gasteiger partial charge in [-0.25, -0.2) is 0 Å². The van der Waals surface area contributed by atoms with Crippen LogP contribution >= 0.6 is 0 Å². The second-order valence-electron chi connectivity index (χ2n) is 25.4. The standard InChI is InChI=1S/C70H136O6/c1-7-66(6)58-52-46-40-34-28-22-15-10-8-9-11-16-23-29-35-41-47-53-59-68(71)74-62-67(76-70(73)61-55-49-43-37-31-25-19-18-21-27-33-39-45-51-57-65(4)5)63-75-69(72)60-54-48-42-36-30-24-17-13-12-14-20-26-32-38-44-50-56-64(2)3/h64-67H,7-63H2,1-6H3/t66?,67-/m1/s1. The average Bonchev–Trinajstić information content (AvgIpc) is 3.40. The van der Waals surface area contributed by atoms with Crippen molar-refractivity contribution in [3.8, 4) is 0 Å². The highest BCUT2D eigenvalue weighted by Crippen LogP contribution is 2.20. The van der Waals surface area contributed by atoms with E-state index in [0.29, 0.717) is 19.3 Å². The lowest BCUT2D eigenvalue weighted by Gasteiger charge is -2.18. The molecule has 0 spiro atoms. The van der Waals surface area contributed by atoms with E-state index in [0.717, 1.165) is 75.5 Å². The van der Waals surface area contributed by atoms with Crippen molar-refractivity contribution in [3.05, 3.63) is 0 Å². The minimum absolute atomic E-state index is 0.0619. The lowest BCUT2D eigenvalue weighted by molar-refractivity contribution is -0.167. The molecule has 0 aromatic carbocycles. The first-order valence-corrected chi connectivity index (χ1v) is 34.6. The summed E-state index contributed by atoms with van der Waals surface area (Å²) >= 11 is 0. The van der Waals surface area contributed by atoms with Crippen molar-refractivity contribution in [1.82, 2.24) is 0 Å². The number of ether oxygens (including phenoxy) is 3. The molecule has 452 valence electrons. The van der Waals surface area contributed by atoms with Gasteiger partial charge in [0, 0.05) is 19.3 Å². The summed E-state index contributed by atoms with van der Waals surface area (Å²) in [5.41, 5.74) is 0. The number of rotatable bonds is 63. The van der Waals surface area contributed by atoms with Gasteiger partial charge in [-0.15, -0.1) is 0 Å². The van der Waals surface area contributed by atoms with Gasteiger partial charge in [-0.3, -0.25) is 14.4 Å². The van der Waals surface area contributed by atoms with Crippen LogP contribution in [0.25, 0.3) is 0 Å². The predicted molar refractivity (Wildman–Crippen MR) is 330 cm³/mol. The van der Waals surface area contributed by atoms with E-state index >= 15 is 0 Å².